The summed E-state index contributed by atoms with van der Waals surface area (Å²) >= 11 is 0. The van der Waals surface area contributed by atoms with Gasteiger partial charge in [0.05, 0.1) is 7.11 Å². The summed E-state index contributed by atoms with van der Waals surface area (Å²) in [4.78, 5) is 25.1. The fourth-order valence-corrected chi connectivity index (χ4v) is 2.02. The number of hydrogen-bond donors (Lipinski definition) is 0. The van der Waals surface area contributed by atoms with Crippen LogP contribution in [0.2, 0.25) is 0 Å². The Morgan fingerprint density at radius 2 is 2.00 bits per heavy atom. The Hall–Kier alpha value is -1.84. The van der Waals surface area contributed by atoms with Crippen molar-refractivity contribution in [3.8, 4) is 0 Å². The van der Waals surface area contributed by atoms with Crippen LogP contribution in [0.3, 0.4) is 0 Å². The van der Waals surface area contributed by atoms with Gasteiger partial charge in [-0.15, -0.1) is 0 Å². The monoisotopic (exact) mass is 277 g/mol. The van der Waals surface area contributed by atoms with Gasteiger partial charge in [-0.2, -0.15) is 0 Å². The highest BCUT2D eigenvalue weighted by Gasteiger charge is 2.20. The minimum absolute atomic E-state index is 0.0147. The molecule has 0 unspecified atom stereocenters. The predicted octanol–water partition coefficient (Wildman–Crippen LogP) is 2.34. The zero-order valence-electron chi connectivity index (χ0n) is 12.7. The molecule has 0 aliphatic carbocycles. The molecule has 0 radical (unpaired) electrons. The number of aryl methyl sites for hydroxylation is 2. The minimum Gasteiger partial charge on any atom is -0.468 e. The first-order valence-corrected chi connectivity index (χ1v) is 6.86. The van der Waals surface area contributed by atoms with Gasteiger partial charge >= 0.3 is 5.97 Å². The van der Waals surface area contributed by atoms with E-state index in [1.165, 1.54) is 12.7 Å². The second-order valence-corrected chi connectivity index (χ2v) is 5.18. The third kappa shape index (κ3) is 5.03. The van der Waals surface area contributed by atoms with E-state index in [1.54, 1.807) is 4.90 Å². The van der Waals surface area contributed by atoms with E-state index in [4.69, 9.17) is 0 Å². The number of benzene rings is 1. The van der Waals surface area contributed by atoms with Crippen LogP contribution in [0, 0.1) is 6.92 Å². The lowest BCUT2D eigenvalue weighted by Gasteiger charge is -2.25. The lowest BCUT2D eigenvalue weighted by atomic mass is 10.1. The van der Waals surface area contributed by atoms with Crippen LogP contribution < -0.4 is 0 Å². The summed E-state index contributed by atoms with van der Waals surface area (Å²) in [5, 5.41) is 0. The van der Waals surface area contributed by atoms with Gasteiger partial charge in [-0.05, 0) is 32.8 Å². The van der Waals surface area contributed by atoms with E-state index < -0.39 is 0 Å². The predicted molar refractivity (Wildman–Crippen MR) is 78.4 cm³/mol. The molecule has 0 fully saturated rings. The van der Waals surface area contributed by atoms with Gasteiger partial charge < -0.3 is 9.64 Å². The Kier molecular flexibility index (Phi) is 6.22. The molecule has 1 amide bonds. The SMILES string of the molecule is COC(=O)CN(C(=O)CCc1cccc(C)c1)C(C)C. The van der Waals surface area contributed by atoms with Gasteiger partial charge in [-0.1, -0.05) is 29.8 Å². The number of esters is 1. The number of rotatable bonds is 6. The third-order valence-corrected chi connectivity index (χ3v) is 3.18. The molecule has 1 aromatic rings. The topological polar surface area (TPSA) is 46.6 Å². The van der Waals surface area contributed by atoms with E-state index in [0.29, 0.717) is 12.8 Å². The summed E-state index contributed by atoms with van der Waals surface area (Å²) in [5.41, 5.74) is 2.32. The van der Waals surface area contributed by atoms with Gasteiger partial charge in [-0.25, -0.2) is 0 Å². The highest BCUT2D eigenvalue weighted by atomic mass is 16.5. The van der Waals surface area contributed by atoms with Gasteiger partial charge in [0.25, 0.3) is 0 Å². The quantitative estimate of drug-likeness (QED) is 0.750. The first kappa shape index (κ1) is 16.2. The number of carbonyl (C=O) groups excluding carboxylic acids is 2. The first-order chi connectivity index (χ1) is 9.43. The zero-order valence-corrected chi connectivity index (χ0v) is 12.7. The van der Waals surface area contributed by atoms with Crippen LogP contribution >= 0.6 is 0 Å². The summed E-state index contributed by atoms with van der Waals surface area (Å²) in [6.07, 6.45) is 1.09. The van der Waals surface area contributed by atoms with E-state index in [9.17, 15) is 9.59 Å². The summed E-state index contributed by atoms with van der Waals surface area (Å²) in [6.45, 7) is 5.84. The van der Waals surface area contributed by atoms with Crippen molar-refractivity contribution in [2.24, 2.45) is 0 Å². The fourth-order valence-electron chi connectivity index (χ4n) is 2.02. The standard InChI is InChI=1S/C16H23NO3/c1-12(2)17(11-16(19)20-4)15(18)9-8-14-7-5-6-13(3)10-14/h5-7,10,12H,8-9,11H2,1-4H3. The Morgan fingerprint density at radius 1 is 1.30 bits per heavy atom. The van der Waals surface area contributed by atoms with E-state index in [0.717, 1.165) is 5.56 Å². The molecule has 20 heavy (non-hydrogen) atoms. The molecule has 4 nitrogen and oxygen atoms in total. The third-order valence-electron chi connectivity index (χ3n) is 3.18. The fraction of sp³-hybridized carbons (Fsp3) is 0.500. The molecule has 0 heterocycles. The first-order valence-electron chi connectivity index (χ1n) is 6.86. The van der Waals surface area contributed by atoms with Crippen LogP contribution in [-0.2, 0) is 20.7 Å². The molecule has 0 bridgehead atoms. The van der Waals surface area contributed by atoms with Gasteiger partial charge in [0.15, 0.2) is 0 Å². The van der Waals surface area contributed by atoms with E-state index in [-0.39, 0.29) is 24.5 Å². The number of nitrogens with zero attached hydrogens (tertiary/aromatic N) is 1. The van der Waals surface area contributed by atoms with E-state index in [2.05, 4.69) is 10.8 Å². The Morgan fingerprint density at radius 3 is 2.55 bits per heavy atom. The molecule has 0 aliphatic rings. The molecule has 0 N–H and O–H groups in total. The van der Waals surface area contributed by atoms with Crippen molar-refractivity contribution in [1.82, 2.24) is 4.90 Å². The average Bonchev–Trinajstić information content (AvgIpc) is 2.41. The molecule has 0 spiro atoms. The molecule has 0 aromatic heterocycles. The van der Waals surface area contributed by atoms with Crippen LogP contribution in [0.5, 0.6) is 0 Å². The summed E-state index contributed by atoms with van der Waals surface area (Å²) in [5.74, 6) is -0.408. The number of methoxy groups -OCH3 is 1. The highest BCUT2D eigenvalue weighted by Crippen LogP contribution is 2.09. The smallest absolute Gasteiger partial charge is 0.325 e. The van der Waals surface area contributed by atoms with Crippen LogP contribution in [0.1, 0.15) is 31.4 Å². The second-order valence-electron chi connectivity index (χ2n) is 5.18. The van der Waals surface area contributed by atoms with Gasteiger partial charge in [0.2, 0.25) is 5.91 Å². The molecule has 0 saturated heterocycles. The van der Waals surface area contributed by atoms with E-state index >= 15 is 0 Å². The van der Waals surface area contributed by atoms with Crippen LogP contribution in [0.15, 0.2) is 24.3 Å². The second kappa shape index (κ2) is 7.68. The van der Waals surface area contributed by atoms with Crippen molar-refractivity contribution in [1.29, 1.82) is 0 Å². The van der Waals surface area contributed by atoms with Crippen molar-refractivity contribution < 1.29 is 14.3 Å². The summed E-state index contributed by atoms with van der Waals surface area (Å²) in [7, 11) is 1.33. The Bertz CT molecular complexity index is 469. The molecule has 0 saturated carbocycles. The van der Waals surface area contributed by atoms with Crippen LogP contribution in [-0.4, -0.2) is 36.5 Å². The molecular weight excluding hydrogens is 254 g/mol. The normalized spacial score (nSPS) is 10.4. The molecule has 1 rings (SSSR count). The van der Waals surface area contributed by atoms with Crippen molar-refractivity contribution in [3.63, 3.8) is 0 Å². The number of ether oxygens (including phenoxy) is 1. The largest absolute Gasteiger partial charge is 0.468 e. The van der Waals surface area contributed by atoms with Gasteiger partial charge in [0.1, 0.15) is 6.54 Å². The Labute approximate surface area is 120 Å². The van der Waals surface area contributed by atoms with Crippen LogP contribution in [0.4, 0.5) is 0 Å². The molecular formula is C16H23NO3. The molecule has 1 aromatic carbocycles. The maximum Gasteiger partial charge on any atom is 0.325 e. The summed E-state index contributed by atoms with van der Waals surface area (Å²) in [6, 6.07) is 8.10. The number of amides is 1. The zero-order chi connectivity index (χ0) is 15.1. The van der Waals surface area contributed by atoms with Crippen molar-refractivity contribution >= 4 is 11.9 Å². The molecule has 110 valence electrons. The number of hydrogen-bond acceptors (Lipinski definition) is 3. The molecule has 4 heteroatoms. The minimum atomic E-state index is -0.386. The highest BCUT2D eigenvalue weighted by molar-refractivity contribution is 5.82. The van der Waals surface area contributed by atoms with E-state index in [1.807, 2.05) is 39.0 Å². The number of carbonyl (C=O) groups is 2. The van der Waals surface area contributed by atoms with Crippen LogP contribution in [0.25, 0.3) is 0 Å². The Balaban J connectivity index is 2.60. The van der Waals surface area contributed by atoms with Crippen molar-refractivity contribution in [2.45, 2.75) is 39.7 Å². The summed E-state index contributed by atoms with van der Waals surface area (Å²) < 4.78 is 4.63. The average molecular weight is 277 g/mol. The van der Waals surface area contributed by atoms with Crippen molar-refractivity contribution in [2.75, 3.05) is 13.7 Å². The van der Waals surface area contributed by atoms with Gasteiger partial charge in [-0.3, -0.25) is 9.59 Å². The molecule has 0 aliphatic heterocycles. The van der Waals surface area contributed by atoms with Gasteiger partial charge in [0, 0.05) is 12.5 Å². The molecule has 0 atom stereocenters. The maximum absolute atomic E-state index is 12.2. The maximum atomic E-state index is 12.2. The van der Waals surface area contributed by atoms with Crippen molar-refractivity contribution in [3.05, 3.63) is 35.4 Å². The lowest BCUT2D eigenvalue weighted by molar-refractivity contribution is -0.148. The lowest BCUT2D eigenvalue weighted by Crippen LogP contribution is -2.41.